The number of esters is 1. The molecule has 1 aliphatic carbocycles. The van der Waals surface area contributed by atoms with Gasteiger partial charge in [0.15, 0.2) is 10.8 Å². The third-order valence-electron chi connectivity index (χ3n) is 5.91. The van der Waals surface area contributed by atoms with Gasteiger partial charge in [-0.3, -0.25) is 9.38 Å². The molecule has 4 aromatic rings. The van der Waals surface area contributed by atoms with Crippen molar-refractivity contribution in [1.29, 1.82) is 0 Å². The Kier molecular flexibility index (Phi) is 5.28. The van der Waals surface area contributed by atoms with Gasteiger partial charge in [0.1, 0.15) is 34.8 Å². The van der Waals surface area contributed by atoms with Crippen molar-refractivity contribution in [2.45, 2.75) is 31.5 Å². The van der Waals surface area contributed by atoms with E-state index in [2.05, 4.69) is 20.2 Å². The fraction of sp³-hybridized carbons (Fsp3) is 0.318. The third-order valence-corrected chi connectivity index (χ3v) is 6.75. The largest absolute Gasteiger partial charge is 0.461 e. The van der Waals surface area contributed by atoms with Gasteiger partial charge in [0.05, 0.1) is 12.1 Å². The predicted molar refractivity (Wildman–Crippen MR) is 118 cm³/mol. The molecular formula is C22H20F2N6O2S. The minimum atomic E-state index is -1.03. The number of halogens is 2. The molecule has 0 atom stereocenters. The number of alkyl halides is 1. The van der Waals surface area contributed by atoms with Crippen LogP contribution >= 0.6 is 11.3 Å². The van der Waals surface area contributed by atoms with Crippen molar-refractivity contribution in [2.75, 3.05) is 18.6 Å². The minimum Gasteiger partial charge on any atom is -0.461 e. The third kappa shape index (κ3) is 3.52. The zero-order chi connectivity index (χ0) is 23.2. The van der Waals surface area contributed by atoms with Crippen LogP contribution in [0.5, 0.6) is 0 Å². The lowest BCUT2D eigenvalue weighted by Crippen LogP contribution is -2.56. The maximum absolute atomic E-state index is 14.5. The van der Waals surface area contributed by atoms with Crippen LogP contribution in [0.15, 0.2) is 42.0 Å². The first kappa shape index (κ1) is 21.4. The van der Waals surface area contributed by atoms with E-state index >= 15 is 0 Å². The standard InChI is InChI=1S/C22H20F2N6O2S/c1-3-32-20(31)17-12-33-21-26-16(11-30(17)21)15-6-7-18(28-27-15)29(2)22(9-13(23)10-22)19-14(24)5-4-8-25-19/h4-8,11-13H,3,9-10H2,1-2H3. The Hall–Kier alpha value is -3.47. The fourth-order valence-electron chi connectivity index (χ4n) is 4.15. The van der Waals surface area contributed by atoms with Crippen LogP contribution in [0, 0.1) is 5.82 Å². The zero-order valence-electron chi connectivity index (χ0n) is 17.9. The molecule has 0 aliphatic heterocycles. The van der Waals surface area contributed by atoms with Gasteiger partial charge in [0.2, 0.25) is 0 Å². The summed E-state index contributed by atoms with van der Waals surface area (Å²) in [4.78, 5) is 23.2. The summed E-state index contributed by atoms with van der Waals surface area (Å²) >= 11 is 1.32. The number of thiazole rings is 1. The lowest BCUT2D eigenvalue weighted by atomic mass is 9.71. The molecule has 0 radical (unpaired) electrons. The molecule has 0 aromatic carbocycles. The molecule has 0 unspecified atom stereocenters. The molecule has 1 aliphatic rings. The summed E-state index contributed by atoms with van der Waals surface area (Å²) in [5, 5.41) is 10.3. The maximum Gasteiger partial charge on any atom is 0.356 e. The van der Waals surface area contributed by atoms with Crippen LogP contribution in [-0.2, 0) is 10.3 Å². The average Bonchev–Trinajstić information content (AvgIpc) is 3.38. The summed E-state index contributed by atoms with van der Waals surface area (Å²) in [6.07, 6.45) is 2.41. The highest BCUT2D eigenvalue weighted by Crippen LogP contribution is 2.48. The number of imidazole rings is 1. The molecular weight excluding hydrogens is 450 g/mol. The van der Waals surface area contributed by atoms with Crippen molar-refractivity contribution in [3.8, 4) is 11.4 Å². The highest BCUT2D eigenvalue weighted by molar-refractivity contribution is 7.15. The highest BCUT2D eigenvalue weighted by atomic mass is 32.1. The number of aromatic nitrogens is 5. The smallest absolute Gasteiger partial charge is 0.356 e. The van der Waals surface area contributed by atoms with Gasteiger partial charge in [-0.05, 0) is 31.2 Å². The summed E-state index contributed by atoms with van der Waals surface area (Å²) in [5.74, 6) is -0.435. The van der Waals surface area contributed by atoms with E-state index in [4.69, 9.17) is 4.74 Å². The monoisotopic (exact) mass is 470 g/mol. The number of ether oxygens (including phenoxy) is 1. The van der Waals surface area contributed by atoms with Crippen LogP contribution in [0.3, 0.4) is 0 Å². The number of fused-ring (bicyclic) bond motifs is 1. The molecule has 33 heavy (non-hydrogen) atoms. The highest BCUT2D eigenvalue weighted by Gasteiger charge is 2.52. The lowest BCUT2D eigenvalue weighted by molar-refractivity contribution is 0.0518. The molecule has 0 bridgehead atoms. The van der Waals surface area contributed by atoms with Crippen molar-refractivity contribution in [3.63, 3.8) is 0 Å². The van der Waals surface area contributed by atoms with E-state index < -0.39 is 23.5 Å². The molecule has 170 valence electrons. The molecule has 11 heteroatoms. The molecule has 0 amide bonds. The Balaban J connectivity index is 1.44. The number of carbonyl (C=O) groups excluding carboxylic acids is 1. The molecule has 0 spiro atoms. The van der Waals surface area contributed by atoms with Gasteiger partial charge in [0, 0.05) is 37.7 Å². The number of nitrogens with zero attached hydrogens (tertiary/aromatic N) is 6. The Bertz CT molecular complexity index is 1320. The van der Waals surface area contributed by atoms with Crippen LogP contribution in [0.1, 0.15) is 35.9 Å². The van der Waals surface area contributed by atoms with Crippen LogP contribution in [-0.4, -0.2) is 50.4 Å². The van der Waals surface area contributed by atoms with Crippen LogP contribution in [0.4, 0.5) is 14.6 Å². The van der Waals surface area contributed by atoms with Crippen LogP contribution in [0.2, 0.25) is 0 Å². The number of hydrogen-bond acceptors (Lipinski definition) is 8. The van der Waals surface area contributed by atoms with Crippen molar-refractivity contribution < 1.29 is 18.3 Å². The molecule has 0 N–H and O–H groups in total. The van der Waals surface area contributed by atoms with Gasteiger partial charge >= 0.3 is 5.97 Å². The molecule has 1 fully saturated rings. The maximum atomic E-state index is 14.5. The summed E-state index contributed by atoms with van der Waals surface area (Å²) < 4.78 is 35.2. The van der Waals surface area contributed by atoms with Gasteiger partial charge in [-0.25, -0.2) is 18.6 Å². The first-order valence-electron chi connectivity index (χ1n) is 10.4. The topological polar surface area (TPSA) is 85.5 Å². The Morgan fingerprint density at radius 2 is 2.12 bits per heavy atom. The molecule has 5 rings (SSSR count). The van der Waals surface area contributed by atoms with Crippen molar-refractivity contribution >= 4 is 28.1 Å². The van der Waals surface area contributed by atoms with Crippen molar-refractivity contribution in [3.05, 3.63) is 59.2 Å². The molecule has 1 saturated carbocycles. The quantitative estimate of drug-likeness (QED) is 0.393. The molecule has 0 saturated heterocycles. The van der Waals surface area contributed by atoms with Gasteiger partial charge < -0.3 is 9.64 Å². The normalized spacial score (nSPS) is 19.9. The Labute approximate surface area is 191 Å². The molecule has 8 nitrogen and oxygen atoms in total. The first-order valence-corrected chi connectivity index (χ1v) is 11.3. The SMILES string of the molecule is CCOC(=O)c1csc2nc(-c3ccc(N(C)C4(c5ncccc5F)CC(F)C4)nn3)cn12. The lowest BCUT2D eigenvalue weighted by Gasteiger charge is -2.50. The minimum absolute atomic E-state index is 0.120. The van der Waals surface area contributed by atoms with Crippen LogP contribution < -0.4 is 4.90 Å². The summed E-state index contributed by atoms with van der Waals surface area (Å²) in [6.45, 7) is 2.03. The fourth-order valence-corrected chi connectivity index (χ4v) is 4.99. The van der Waals surface area contributed by atoms with Gasteiger partial charge in [0.25, 0.3) is 0 Å². The second-order valence-corrected chi connectivity index (χ2v) is 8.66. The van der Waals surface area contributed by atoms with Gasteiger partial charge in [-0.15, -0.1) is 21.5 Å². The van der Waals surface area contributed by atoms with E-state index in [9.17, 15) is 13.6 Å². The Morgan fingerprint density at radius 3 is 2.79 bits per heavy atom. The van der Waals surface area contributed by atoms with E-state index in [-0.39, 0.29) is 25.1 Å². The number of pyridine rings is 1. The average molecular weight is 471 g/mol. The number of hydrogen-bond donors (Lipinski definition) is 0. The number of anilines is 1. The number of carbonyl (C=O) groups is 1. The van der Waals surface area contributed by atoms with Crippen molar-refractivity contribution in [2.24, 2.45) is 0 Å². The van der Waals surface area contributed by atoms with Crippen LogP contribution in [0.25, 0.3) is 16.3 Å². The first-order chi connectivity index (χ1) is 15.9. The van der Waals surface area contributed by atoms with E-state index in [1.165, 1.54) is 29.7 Å². The predicted octanol–water partition coefficient (Wildman–Crippen LogP) is 4.03. The second kappa shape index (κ2) is 8.14. The van der Waals surface area contributed by atoms with E-state index in [1.807, 2.05) is 0 Å². The summed E-state index contributed by atoms with van der Waals surface area (Å²) in [7, 11) is 1.74. The molecule has 4 heterocycles. The second-order valence-electron chi connectivity index (χ2n) is 7.83. The van der Waals surface area contributed by atoms with Gasteiger partial charge in [-0.2, -0.15) is 0 Å². The van der Waals surface area contributed by atoms with E-state index in [0.717, 1.165) is 0 Å². The van der Waals surface area contributed by atoms with E-state index in [1.54, 1.807) is 47.0 Å². The molecule has 4 aromatic heterocycles. The zero-order valence-corrected chi connectivity index (χ0v) is 18.7. The van der Waals surface area contributed by atoms with Crippen molar-refractivity contribution in [1.82, 2.24) is 24.6 Å². The number of rotatable bonds is 6. The summed E-state index contributed by atoms with van der Waals surface area (Å²) in [5.41, 5.74) is 0.727. The summed E-state index contributed by atoms with van der Waals surface area (Å²) in [6, 6.07) is 6.31. The van der Waals surface area contributed by atoms with E-state index in [0.29, 0.717) is 27.9 Å². The van der Waals surface area contributed by atoms with Gasteiger partial charge in [-0.1, -0.05) is 0 Å². The Morgan fingerprint density at radius 1 is 1.30 bits per heavy atom.